The highest BCUT2D eigenvalue weighted by atomic mass is 32.2. The molecule has 1 saturated heterocycles. The Bertz CT molecular complexity index is 357. The molecule has 0 radical (unpaired) electrons. The lowest BCUT2D eigenvalue weighted by Crippen LogP contribution is -2.41. The molecule has 114 valence electrons. The van der Waals surface area contributed by atoms with E-state index in [0.29, 0.717) is 25.0 Å². The van der Waals surface area contributed by atoms with Crippen LogP contribution in [0.4, 0.5) is 0 Å². The normalized spacial score (nSPS) is 23.7. The molecular weight excluding hydrogens is 262 g/mol. The van der Waals surface area contributed by atoms with Gasteiger partial charge in [0.15, 0.2) is 0 Å². The van der Waals surface area contributed by atoms with Crippen LogP contribution in [0.15, 0.2) is 0 Å². The van der Waals surface area contributed by atoms with Crippen LogP contribution in [0, 0.1) is 5.92 Å². The third-order valence-corrected chi connectivity index (χ3v) is 5.17. The maximum absolute atomic E-state index is 11.6. The molecule has 5 nitrogen and oxygen atoms in total. The van der Waals surface area contributed by atoms with E-state index < -0.39 is 10.0 Å². The van der Waals surface area contributed by atoms with E-state index in [9.17, 15) is 8.42 Å². The molecule has 0 aromatic carbocycles. The lowest BCUT2D eigenvalue weighted by atomic mass is 9.91. The molecule has 2 atom stereocenters. The predicted octanol–water partition coefficient (Wildman–Crippen LogP) is 0.588. The maximum Gasteiger partial charge on any atom is 0.211 e. The molecule has 1 aliphatic heterocycles. The van der Waals surface area contributed by atoms with E-state index >= 15 is 0 Å². The third-order valence-electron chi connectivity index (χ3n) is 3.90. The van der Waals surface area contributed by atoms with Crippen molar-refractivity contribution in [2.24, 2.45) is 5.92 Å². The minimum absolute atomic E-state index is 0.479. The first kappa shape index (κ1) is 16.9. The molecule has 0 spiro atoms. The second kappa shape index (κ2) is 7.57. The summed E-state index contributed by atoms with van der Waals surface area (Å²) in [6.45, 7) is 2.45. The van der Waals surface area contributed by atoms with Crippen molar-refractivity contribution in [1.82, 2.24) is 14.5 Å². The van der Waals surface area contributed by atoms with Crippen LogP contribution in [0.25, 0.3) is 0 Å². The quantitative estimate of drug-likeness (QED) is 0.746. The van der Waals surface area contributed by atoms with Crippen molar-refractivity contribution in [2.45, 2.75) is 31.7 Å². The number of rotatable bonds is 7. The Morgan fingerprint density at radius 2 is 2.11 bits per heavy atom. The van der Waals surface area contributed by atoms with Crippen molar-refractivity contribution in [2.75, 3.05) is 47.0 Å². The van der Waals surface area contributed by atoms with E-state index in [1.807, 2.05) is 7.05 Å². The Kier molecular flexibility index (Phi) is 6.73. The SMILES string of the molecule is CNC(CCN(C)C)CC1CCCN(S(C)(=O)=O)C1. The summed E-state index contributed by atoms with van der Waals surface area (Å²) >= 11 is 0. The van der Waals surface area contributed by atoms with Crippen LogP contribution in [-0.4, -0.2) is 70.7 Å². The van der Waals surface area contributed by atoms with Crippen LogP contribution in [0.5, 0.6) is 0 Å². The van der Waals surface area contributed by atoms with Crippen LogP contribution in [0.1, 0.15) is 25.7 Å². The Morgan fingerprint density at radius 1 is 1.42 bits per heavy atom. The van der Waals surface area contributed by atoms with Crippen molar-refractivity contribution in [3.63, 3.8) is 0 Å². The van der Waals surface area contributed by atoms with Crippen LogP contribution in [0.2, 0.25) is 0 Å². The van der Waals surface area contributed by atoms with E-state index in [-0.39, 0.29) is 0 Å². The Labute approximate surface area is 118 Å². The first-order valence-electron chi connectivity index (χ1n) is 7.10. The number of piperidine rings is 1. The predicted molar refractivity (Wildman–Crippen MR) is 79.8 cm³/mol. The van der Waals surface area contributed by atoms with Crippen LogP contribution < -0.4 is 5.32 Å². The standard InChI is InChI=1S/C13H29N3O2S/c1-14-13(7-9-15(2)3)10-12-6-5-8-16(11-12)19(4,17)18/h12-14H,5-11H2,1-4H3. The molecule has 0 aromatic rings. The minimum Gasteiger partial charge on any atom is -0.317 e. The summed E-state index contributed by atoms with van der Waals surface area (Å²) in [5, 5.41) is 3.36. The van der Waals surface area contributed by atoms with Gasteiger partial charge in [-0.15, -0.1) is 0 Å². The summed E-state index contributed by atoms with van der Waals surface area (Å²) in [6, 6.07) is 0.479. The molecule has 0 aliphatic carbocycles. The number of hydrogen-bond donors (Lipinski definition) is 1. The van der Waals surface area contributed by atoms with Crippen molar-refractivity contribution >= 4 is 10.0 Å². The summed E-state index contributed by atoms with van der Waals surface area (Å²) in [7, 11) is 3.14. The molecule has 1 fully saturated rings. The number of nitrogens with zero attached hydrogens (tertiary/aromatic N) is 2. The molecule has 1 heterocycles. The second-order valence-electron chi connectivity index (χ2n) is 5.94. The number of hydrogen-bond acceptors (Lipinski definition) is 4. The molecule has 0 aromatic heterocycles. The maximum atomic E-state index is 11.6. The van der Waals surface area contributed by atoms with E-state index in [1.54, 1.807) is 4.31 Å². The number of nitrogens with one attached hydrogen (secondary N) is 1. The average Bonchev–Trinajstić information content (AvgIpc) is 2.33. The Balaban J connectivity index is 2.46. The van der Waals surface area contributed by atoms with Crippen molar-refractivity contribution in [3.05, 3.63) is 0 Å². The zero-order valence-electron chi connectivity index (χ0n) is 12.7. The van der Waals surface area contributed by atoms with Gasteiger partial charge in [0, 0.05) is 19.1 Å². The largest absolute Gasteiger partial charge is 0.317 e. The molecule has 6 heteroatoms. The van der Waals surface area contributed by atoms with Crippen molar-refractivity contribution < 1.29 is 8.42 Å². The lowest BCUT2D eigenvalue weighted by molar-refractivity contribution is 0.231. The molecular formula is C13H29N3O2S. The highest BCUT2D eigenvalue weighted by Gasteiger charge is 2.27. The molecule has 0 amide bonds. The van der Waals surface area contributed by atoms with Gasteiger partial charge in [-0.05, 0) is 59.3 Å². The Morgan fingerprint density at radius 3 is 2.63 bits per heavy atom. The zero-order valence-corrected chi connectivity index (χ0v) is 13.5. The van der Waals surface area contributed by atoms with Gasteiger partial charge >= 0.3 is 0 Å². The van der Waals surface area contributed by atoms with Gasteiger partial charge in [-0.25, -0.2) is 12.7 Å². The zero-order chi connectivity index (χ0) is 14.5. The number of sulfonamides is 1. The van der Waals surface area contributed by atoms with E-state index in [1.165, 1.54) is 6.26 Å². The minimum atomic E-state index is -3.02. The second-order valence-corrected chi connectivity index (χ2v) is 7.92. The topological polar surface area (TPSA) is 52.6 Å². The van der Waals surface area contributed by atoms with Crippen LogP contribution in [-0.2, 0) is 10.0 Å². The molecule has 19 heavy (non-hydrogen) atoms. The molecule has 1 N–H and O–H groups in total. The van der Waals surface area contributed by atoms with Gasteiger partial charge in [0.2, 0.25) is 10.0 Å². The molecule has 0 bridgehead atoms. The van der Waals surface area contributed by atoms with Crippen LogP contribution >= 0.6 is 0 Å². The van der Waals surface area contributed by atoms with Crippen molar-refractivity contribution in [3.8, 4) is 0 Å². The molecule has 2 unspecified atom stereocenters. The van der Waals surface area contributed by atoms with Gasteiger partial charge in [-0.3, -0.25) is 0 Å². The molecule has 1 rings (SSSR count). The van der Waals surface area contributed by atoms with Crippen LogP contribution in [0.3, 0.4) is 0 Å². The fraction of sp³-hybridized carbons (Fsp3) is 1.00. The lowest BCUT2D eigenvalue weighted by Gasteiger charge is -2.33. The smallest absolute Gasteiger partial charge is 0.211 e. The Hall–Kier alpha value is -0.170. The monoisotopic (exact) mass is 291 g/mol. The molecule has 0 saturated carbocycles. The van der Waals surface area contributed by atoms with Gasteiger partial charge in [0.1, 0.15) is 0 Å². The summed E-state index contributed by atoms with van der Waals surface area (Å²) in [5.74, 6) is 0.489. The third kappa shape index (κ3) is 6.21. The fourth-order valence-electron chi connectivity index (χ4n) is 2.72. The van der Waals surface area contributed by atoms with Gasteiger partial charge in [0.25, 0.3) is 0 Å². The first-order chi connectivity index (χ1) is 8.82. The van der Waals surface area contributed by atoms with Gasteiger partial charge in [0.05, 0.1) is 6.26 Å². The van der Waals surface area contributed by atoms with Gasteiger partial charge in [-0.1, -0.05) is 0 Å². The fourth-order valence-corrected chi connectivity index (χ4v) is 3.66. The summed E-state index contributed by atoms with van der Waals surface area (Å²) in [4.78, 5) is 2.19. The van der Waals surface area contributed by atoms with E-state index in [0.717, 1.165) is 32.2 Å². The van der Waals surface area contributed by atoms with Crippen molar-refractivity contribution in [1.29, 1.82) is 0 Å². The van der Waals surface area contributed by atoms with Gasteiger partial charge < -0.3 is 10.2 Å². The summed E-state index contributed by atoms with van der Waals surface area (Å²) in [5.41, 5.74) is 0. The first-order valence-corrected chi connectivity index (χ1v) is 8.95. The van der Waals surface area contributed by atoms with E-state index in [2.05, 4.69) is 24.3 Å². The van der Waals surface area contributed by atoms with E-state index in [4.69, 9.17) is 0 Å². The highest BCUT2D eigenvalue weighted by Crippen LogP contribution is 2.23. The highest BCUT2D eigenvalue weighted by molar-refractivity contribution is 7.88. The summed E-state index contributed by atoms with van der Waals surface area (Å²) < 4.78 is 24.9. The summed E-state index contributed by atoms with van der Waals surface area (Å²) in [6.07, 6.45) is 5.63. The average molecular weight is 291 g/mol. The van der Waals surface area contributed by atoms with Gasteiger partial charge in [-0.2, -0.15) is 0 Å². The molecule has 1 aliphatic rings.